The van der Waals surface area contributed by atoms with Crippen molar-refractivity contribution < 1.29 is 4.79 Å². The Bertz CT molecular complexity index is 514. The lowest BCUT2D eigenvalue weighted by Gasteiger charge is -2.04. The first-order valence-corrected chi connectivity index (χ1v) is 5.59. The van der Waals surface area contributed by atoms with Crippen LogP contribution in [0, 0.1) is 6.92 Å². The second kappa shape index (κ2) is 4.39. The molecule has 2 aromatic rings. The molecule has 0 unspecified atom stereocenters. The van der Waals surface area contributed by atoms with Gasteiger partial charge in [0.05, 0.1) is 5.69 Å². The van der Waals surface area contributed by atoms with Crippen LogP contribution < -0.4 is 5.32 Å². The van der Waals surface area contributed by atoms with Crippen LogP contribution in [0.4, 0.5) is 5.69 Å². The van der Waals surface area contributed by atoms with Crippen molar-refractivity contribution >= 4 is 22.5 Å². The van der Waals surface area contributed by atoms with Crippen molar-refractivity contribution in [3.05, 3.63) is 30.0 Å². The normalized spacial score (nSPS) is 10.6. The third kappa shape index (κ3) is 1.94. The van der Waals surface area contributed by atoms with Gasteiger partial charge in [-0.3, -0.25) is 4.79 Å². The molecule has 0 atom stereocenters. The summed E-state index contributed by atoms with van der Waals surface area (Å²) in [7, 11) is 0. The minimum absolute atomic E-state index is 0.0756. The Morgan fingerprint density at radius 3 is 3.00 bits per heavy atom. The van der Waals surface area contributed by atoms with Crippen LogP contribution in [-0.2, 0) is 4.79 Å². The number of benzene rings is 1. The molecule has 2 rings (SSSR count). The van der Waals surface area contributed by atoms with Crippen LogP contribution in [0.25, 0.3) is 10.9 Å². The number of hydrogen-bond acceptors (Lipinski definition) is 1. The van der Waals surface area contributed by atoms with Gasteiger partial charge in [-0.1, -0.05) is 19.1 Å². The minimum Gasteiger partial charge on any atom is -0.359 e. The molecule has 0 aliphatic heterocycles. The maximum atomic E-state index is 11.5. The fourth-order valence-corrected chi connectivity index (χ4v) is 1.91. The summed E-state index contributed by atoms with van der Waals surface area (Å²) in [5.41, 5.74) is 3.11. The number of aromatic amines is 1. The number of carbonyl (C=O) groups is 1. The lowest BCUT2D eigenvalue weighted by molar-refractivity contribution is -0.116. The van der Waals surface area contributed by atoms with Crippen molar-refractivity contribution in [2.45, 2.75) is 26.7 Å². The molecule has 1 aromatic carbocycles. The van der Waals surface area contributed by atoms with E-state index in [1.165, 1.54) is 5.56 Å². The number of hydrogen-bond donors (Lipinski definition) is 2. The van der Waals surface area contributed by atoms with Gasteiger partial charge in [-0.2, -0.15) is 0 Å². The predicted octanol–water partition coefficient (Wildman–Crippen LogP) is 3.21. The zero-order valence-electron chi connectivity index (χ0n) is 9.63. The highest BCUT2D eigenvalue weighted by Crippen LogP contribution is 2.26. The summed E-state index contributed by atoms with van der Waals surface area (Å²) in [4.78, 5) is 14.7. The van der Waals surface area contributed by atoms with Crippen LogP contribution in [0.15, 0.2) is 24.4 Å². The number of aromatic nitrogens is 1. The Kier molecular flexibility index (Phi) is 2.95. The highest BCUT2D eigenvalue weighted by molar-refractivity contribution is 6.02. The summed E-state index contributed by atoms with van der Waals surface area (Å²) in [6.45, 7) is 4.05. The number of nitrogens with one attached hydrogen (secondary N) is 2. The summed E-state index contributed by atoms with van der Waals surface area (Å²) in [5.74, 6) is 0.0756. The monoisotopic (exact) mass is 216 g/mol. The summed E-state index contributed by atoms with van der Waals surface area (Å²) in [5, 5.41) is 4.04. The molecule has 1 heterocycles. The first-order valence-electron chi connectivity index (χ1n) is 5.59. The summed E-state index contributed by atoms with van der Waals surface area (Å²) in [6.07, 6.45) is 3.29. The van der Waals surface area contributed by atoms with E-state index in [1.54, 1.807) is 0 Å². The van der Waals surface area contributed by atoms with E-state index in [9.17, 15) is 4.79 Å². The number of amides is 1. The molecule has 0 aliphatic carbocycles. The maximum Gasteiger partial charge on any atom is 0.224 e. The third-order valence-corrected chi connectivity index (χ3v) is 2.67. The van der Waals surface area contributed by atoms with Gasteiger partial charge in [-0.25, -0.2) is 0 Å². The average molecular weight is 216 g/mol. The maximum absolute atomic E-state index is 11.5. The van der Waals surface area contributed by atoms with E-state index < -0.39 is 0 Å². The van der Waals surface area contributed by atoms with Crippen molar-refractivity contribution in [1.29, 1.82) is 0 Å². The number of rotatable bonds is 3. The Hall–Kier alpha value is -1.77. The standard InChI is InChI=1S/C13H16N2O/c1-3-5-12(16)15-11-8-14-10-7-4-6-9(2)13(10)11/h4,6-8,14H,3,5H2,1-2H3,(H,15,16). The second-order valence-electron chi connectivity index (χ2n) is 4.00. The van der Waals surface area contributed by atoms with Crippen molar-refractivity contribution in [3.8, 4) is 0 Å². The van der Waals surface area contributed by atoms with E-state index in [2.05, 4.69) is 10.3 Å². The zero-order chi connectivity index (χ0) is 11.5. The molecule has 16 heavy (non-hydrogen) atoms. The van der Waals surface area contributed by atoms with Crippen LogP contribution in [-0.4, -0.2) is 10.9 Å². The largest absolute Gasteiger partial charge is 0.359 e. The van der Waals surface area contributed by atoms with Gasteiger partial charge in [0, 0.05) is 23.5 Å². The van der Waals surface area contributed by atoms with Gasteiger partial charge in [0.2, 0.25) is 5.91 Å². The van der Waals surface area contributed by atoms with Crippen LogP contribution in [0.1, 0.15) is 25.3 Å². The quantitative estimate of drug-likeness (QED) is 0.813. The molecule has 3 heteroatoms. The van der Waals surface area contributed by atoms with Crippen molar-refractivity contribution in [2.75, 3.05) is 5.32 Å². The van der Waals surface area contributed by atoms with E-state index in [-0.39, 0.29) is 5.91 Å². The Morgan fingerprint density at radius 1 is 1.44 bits per heavy atom. The number of fused-ring (bicyclic) bond motifs is 1. The van der Waals surface area contributed by atoms with Crippen LogP contribution in [0.2, 0.25) is 0 Å². The van der Waals surface area contributed by atoms with Crippen molar-refractivity contribution in [1.82, 2.24) is 4.98 Å². The summed E-state index contributed by atoms with van der Waals surface area (Å²) in [6, 6.07) is 6.06. The number of H-pyrrole nitrogens is 1. The average Bonchev–Trinajstić information content (AvgIpc) is 2.63. The SMILES string of the molecule is CCCC(=O)Nc1c[nH]c2cccc(C)c12. The van der Waals surface area contributed by atoms with E-state index in [0.29, 0.717) is 6.42 Å². The minimum atomic E-state index is 0.0756. The van der Waals surface area contributed by atoms with Gasteiger partial charge in [-0.15, -0.1) is 0 Å². The topological polar surface area (TPSA) is 44.9 Å². The lowest BCUT2D eigenvalue weighted by Crippen LogP contribution is -2.10. The molecule has 3 nitrogen and oxygen atoms in total. The fraction of sp³-hybridized carbons (Fsp3) is 0.308. The molecule has 0 aliphatic rings. The van der Waals surface area contributed by atoms with Gasteiger partial charge in [0.25, 0.3) is 0 Å². The Balaban J connectivity index is 2.34. The molecule has 1 amide bonds. The molecule has 2 N–H and O–H groups in total. The Labute approximate surface area is 94.9 Å². The molecular formula is C13H16N2O. The molecule has 0 radical (unpaired) electrons. The first-order chi connectivity index (χ1) is 7.72. The Morgan fingerprint density at radius 2 is 2.25 bits per heavy atom. The smallest absolute Gasteiger partial charge is 0.224 e. The van der Waals surface area contributed by atoms with Gasteiger partial charge in [0.1, 0.15) is 0 Å². The summed E-state index contributed by atoms with van der Waals surface area (Å²) < 4.78 is 0. The van der Waals surface area contributed by atoms with E-state index >= 15 is 0 Å². The van der Waals surface area contributed by atoms with Crippen molar-refractivity contribution in [2.24, 2.45) is 0 Å². The molecule has 0 fully saturated rings. The third-order valence-electron chi connectivity index (χ3n) is 2.67. The van der Waals surface area contributed by atoms with Gasteiger partial charge < -0.3 is 10.3 Å². The van der Waals surface area contributed by atoms with Crippen molar-refractivity contribution in [3.63, 3.8) is 0 Å². The van der Waals surface area contributed by atoms with Crippen LogP contribution in [0.3, 0.4) is 0 Å². The second-order valence-corrected chi connectivity index (χ2v) is 4.00. The predicted molar refractivity (Wildman–Crippen MR) is 66.6 cm³/mol. The zero-order valence-corrected chi connectivity index (χ0v) is 9.63. The molecule has 0 saturated heterocycles. The molecule has 0 saturated carbocycles. The highest BCUT2D eigenvalue weighted by Gasteiger charge is 2.08. The number of anilines is 1. The number of carbonyl (C=O) groups excluding carboxylic acids is 1. The van der Waals surface area contributed by atoms with Gasteiger partial charge >= 0.3 is 0 Å². The molecule has 0 bridgehead atoms. The van der Waals surface area contributed by atoms with Gasteiger partial charge in [-0.05, 0) is 25.0 Å². The molecule has 0 spiro atoms. The van der Waals surface area contributed by atoms with Crippen LogP contribution >= 0.6 is 0 Å². The lowest BCUT2D eigenvalue weighted by atomic mass is 10.1. The molecule has 84 valence electrons. The molecular weight excluding hydrogens is 200 g/mol. The van der Waals surface area contributed by atoms with E-state index in [4.69, 9.17) is 0 Å². The fourth-order valence-electron chi connectivity index (χ4n) is 1.91. The van der Waals surface area contributed by atoms with E-state index in [0.717, 1.165) is 23.0 Å². The van der Waals surface area contributed by atoms with Crippen LogP contribution in [0.5, 0.6) is 0 Å². The first kappa shape index (κ1) is 10.7. The molecule has 1 aromatic heterocycles. The van der Waals surface area contributed by atoms with Gasteiger partial charge in [0.15, 0.2) is 0 Å². The summed E-state index contributed by atoms with van der Waals surface area (Å²) >= 11 is 0. The highest BCUT2D eigenvalue weighted by atomic mass is 16.1. The number of aryl methyl sites for hydroxylation is 1. The van der Waals surface area contributed by atoms with E-state index in [1.807, 2.05) is 38.2 Å².